The third-order valence-electron chi connectivity index (χ3n) is 6.98. The second-order valence-electron chi connectivity index (χ2n) is 9.58. The molecule has 11 heteroatoms. The van der Waals surface area contributed by atoms with Crippen molar-refractivity contribution < 1.29 is 28.8 Å². The second kappa shape index (κ2) is 11.4. The van der Waals surface area contributed by atoms with E-state index < -0.39 is 11.9 Å². The Hall–Kier alpha value is -3.70. The number of fused-ring (bicyclic) bond motifs is 1. The highest BCUT2D eigenvalue weighted by atomic mass is 19.1. The maximum atomic E-state index is 14.6. The fourth-order valence-corrected chi connectivity index (χ4v) is 5.07. The number of pyridine rings is 1. The molecule has 0 spiro atoms. The van der Waals surface area contributed by atoms with Gasteiger partial charge in [0.25, 0.3) is 0 Å². The molecule has 0 radical (unpaired) electrons. The molecule has 0 saturated heterocycles. The molecule has 4 N–H and O–H groups in total. The molecular formula is C27H34FN6O4+. The third kappa shape index (κ3) is 5.30. The van der Waals surface area contributed by atoms with Crippen LogP contribution in [0.15, 0.2) is 42.9 Å². The highest BCUT2D eigenvalue weighted by molar-refractivity contribution is 5.91. The normalized spacial score (nSPS) is 18.4. The first kappa shape index (κ1) is 25.9. The number of hydrogen-bond acceptors (Lipinski definition) is 7. The van der Waals surface area contributed by atoms with Gasteiger partial charge in [-0.1, -0.05) is 6.07 Å². The molecule has 0 bridgehead atoms. The van der Waals surface area contributed by atoms with E-state index >= 15 is 0 Å². The lowest BCUT2D eigenvalue weighted by Gasteiger charge is -2.26. The Morgan fingerprint density at radius 1 is 1.24 bits per heavy atom. The fraction of sp³-hybridized carbons (Fsp3) is 0.444. The highest BCUT2D eigenvalue weighted by Crippen LogP contribution is 2.34. The summed E-state index contributed by atoms with van der Waals surface area (Å²) in [5.41, 5.74) is 2.77. The third-order valence-corrected chi connectivity index (χ3v) is 6.98. The molecule has 10 nitrogen and oxygen atoms in total. The molecule has 1 saturated carbocycles. The average Bonchev–Trinajstić information content (AvgIpc) is 3.55. The molecule has 3 heterocycles. The van der Waals surface area contributed by atoms with Crippen LogP contribution in [-0.4, -0.2) is 62.5 Å². The van der Waals surface area contributed by atoms with Gasteiger partial charge < -0.3 is 25.0 Å². The monoisotopic (exact) mass is 525 g/mol. The highest BCUT2D eigenvalue weighted by Gasteiger charge is 2.33. The van der Waals surface area contributed by atoms with Crippen LogP contribution in [0, 0.1) is 5.82 Å². The molecule has 1 aromatic carbocycles. The average molecular weight is 526 g/mol. The number of halogens is 1. The molecule has 1 fully saturated rings. The number of H-pyrrole nitrogens is 1. The molecule has 0 aliphatic heterocycles. The van der Waals surface area contributed by atoms with E-state index in [4.69, 9.17) is 14.6 Å². The van der Waals surface area contributed by atoms with E-state index in [1.807, 2.05) is 25.4 Å². The van der Waals surface area contributed by atoms with E-state index in [1.165, 1.54) is 7.11 Å². The summed E-state index contributed by atoms with van der Waals surface area (Å²) in [5.74, 6) is 0.725. The van der Waals surface area contributed by atoms with Crippen molar-refractivity contribution in [3.8, 4) is 22.8 Å². The van der Waals surface area contributed by atoms with Gasteiger partial charge in [-0.15, -0.1) is 4.68 Å². The first-order valence-electron chi connectivity index (χ1n) is 13.0. The predicted molar refractivity (Wildman–Crippen MR) is 140 cm³/mol. The molecule has 3 aromatic heterocycles. The summed E-state index contributed by atoms with van der Waals surface area (Å²) in [7, 11) is 1.44. The zero-order valence-corrected chi connectivity index (χ0v) is 21.6. The number of rotatable bonds is 10. The van der Waals surface area contributed by atoms with Gasteiger partial charge in [0.15, 0.2) is 17.5 Å². The number of ether oxygens (including phenoxy) is 2. The van der Waals surface area contributed by atoms with Crippen LogP contribution < -0.4 is 19.5 Å². The lowest BCUT2D eigenvalue weighted by Crippen LogP contribution is -2.44. The van der Waals surface area contributed by atoms with Crippen molar-refractivity contribution in [1.29, 1.82) is 0 Å². The number of anilines is 1. The van der Waals surface area contributed by atoms with E-state index in [0.717, 1.165) is 60.2 Å². The Labute approximate surface area is 220 Å². The molecular weight excluding hydrogens is 491 g/mol. The van der Waals surface area contributed by atoms with Crippen molar-refractivity contribution in [3.05, 3.63) is 48.7 Å². The van der Waals surface area contributed by atoms with E-state index in [-0.39, 0.29) is 36.8 Å². The molecule has 1 atom stereocenters. The molecule has 0 amide bonds. The number of aliphatic hydroxyl groups excluding tert-OH is 2. The second-order valence-corrected chi connectivity index (χ2v) is 9.58. The van der Waals surface area contributed by atoms with E-state index in [9.17, 15) is 9.50 Å². The number of methoxy groups -OCH3 is 1. The van der Waals surface area contributed by atoms with Gasteiger partial charge in [-0.25, -0.2) is 4.98 Å². The van der Waals surface area contributed by atoms with Crippen LogP contribution in [0.25, 0.3) is 22.2 Å². The van der Waals surface area contributed by atoms with E-state index in [2.05, 4.69) is 25.2 Å². The minimum Gasteiger partial charge on any atom is -0.494 e. The SMILES string of the molecule is CCNc1cc2c(cn1)c(-c1cnn(C[C@@H](O)CO)c1)[nH][n+]2C1CCC(Oc2cccc(OC)c2F)CC1. The van der Waals surface area contributed by atoms with E-state index in [1.54, 1.807) is 29.1 Å². The molecule has 202 valence electrons. The summed E-state index contributed by atoms with van der Waals surface area (Å²) < 4.78 is 29.5. The lowest BCUT2D eigenvalue weighted by molar-refractivity contribution is -0.753. The number of aromatic amines is 1. The van der Waals surface area contributed by atoms with Crippen LogP contribution in [0.2, 0.25) is 0 Å². The zero-order valence-electron chi connectivity index (χ0n) is 21.6. The van der Waals surface area contributed by atoms with Crippen molar-refractivity contribution in [2.75, 3.05) is 25.6 Å². The smallest absolute Gasteiger partial charge is 0.244 e. The fourth-order valence-electron chi connectivity index (χ4n) is 5.07. The Bertz CT molecular complexity index is 1380. The predicted octanol–water partition coefficient (Wildman–Crippen LogP) is 3.21. The van der Waals surface area contributed by atoms with Crippen LogP contribution in [0.4, 0.5) is 10.2 Å². The number of benzene rings is 1. The van der Waals surface area contributed by atoms with Gasteiger partial charge in [0.1, 0.15) is 11.5 Å². The van der Waals surface area contributed by atoms with Crippen LogP contribution in [0.1, 0.15) is 38.6 Å². The van der Waals surface area contributed by atoms with Gasteiger partial charge in [0.05, 0.1) is 50.1 Å². The Balaban J connectivity index is 1.39. The lowest BCUT2D eigenvalue weighted by atomic mass is 9.93. The quantitative estimate of drug-likeness (QED) is 0.235. The minimum absolute atomic E-state index is 0.0793. The van der Waals surface area contributed by atoms with Crippen LogP contribution in [-0.2, 0) is 6.54 Å². The first-order valence-corrected chi connectivity index (χ1v) is 13.0. The first-order chi connectivity index (χ1) is 18.5. The molecule has 4 aromatic rings. The van der Waals surface area contributed by atoms with Crippen molar-refractivity contribution in [3.63, 3.8) is 0 Å². The van der Waals surface area contributed by atoms with Crippen LogP contribution >= 0.6 is 0 Å². The standard InChI is InChI=1S/C27H33FN6O4/c1-3-29-25-11-22-21(13-30-25)27(17-12-31-33(14-17)15-19(36)16-35)32-34(22)18-7-9-20(10-8-18)38-24-6-4-5-23(37-2)26(24)28/h4-6,11-14,18-20,35-36H,3,7-10,15-16H2,1-2H3,(H,29,30,32)/p+1/t18?,19-,20?/m1/s1. The Kier molecular flexibility index (Phi) is 7.75. The topological polar surface area (TPSA) is 121 Å². The summed E-state index contributed by atoms with van der Waals surface area (Å²) in [5, 5.41) is 31.2. The van der Waals surface area contributed by atoms with Gasteiger partial charge in [-0.05, 0) is 31.9 Å². The zero-order chi connectivity index (χ0) is 26.6. The largest absolute Gasteiger partial charge is 0.494 e. The summed E-state index contributed by atoms with van der Waals surface area (Å²) >= 11 is 0. The van der Waals surface area contributed by atoms with Crippen molar-refractivity contribution >= 4 is 16.7 Å². The molecule has 38 heavy (non-hydrogen) atoms. The summed E-state index contributed by atoms with van der Waals surface area (Å²) in [4.78, 5) is 4.58. The summed E-state index contributed by atoms with van der Waals surface area (Å²) in [6.45, 7) is 2.67. The van der Waals surface area contributed by atoms with E-state index in [0.29, 0.717) is 0 Å². The van der Waals surface area contributed by atoms with Gasteiger partial charge in [-0.2, -0.15) is 14.6 Å². The Morgan fingerprint density at radius 3 is 2.76 bits per heavy atom. The molecule has 1 aliphatic carbocycles. The summed E-state index contributed by atoms with van der Waals surface area (Å²) in [6, 6.07) is 7.20. The van der Waals surface area contributed by atoms with Crippen molar-refractivity contribution in [1.82, 2.24) is 19.9 Å². The number of aliphatic hydroxyl groups is 2. The van der Waals surface area contributed by atoms with Gasteiger partial charge >= 0.3 is 0 Å². The number of hydrogen-bond donors (Lipinski definition) is 4. The molecule has 1 aliphatic rings. The van der Waals surface area contributed by atoms with Gasteiger partial charge in [0.2, 0.25) is 11.3 Å². The van der Waals surface area contributed by atoms with Crippen LogP contribution in [0.3, 0.4) is 0 Å². The molecule has 0 unspecified atom stereocenters. The van der Waals surface area contributed by atoms with Gasteiger partial charge in [0, 0.05) is 37.3 Å². The van der Waals surface area contributed by atoms with Crippen LogP contribution in [0.5, 0.6) is 11.5 Å². The number of aromatic nitrogens is 5. The maximum absolute atomic E-state index is 14.6. The number of nitrogens with zero attached hydrogens (tertiary/aromatic N) is 4. The Morgan fingerprint density at radius 2 is 2.03 bits per heavy atom. The van der Waals surface area contributed by atoms with Gasteiger partial charge in [-0.3, -0.25) is 4.68 Å². The minimum atomic E-state index is -0.875. The maximum Gasteiger partial charge on any atom is 0.244 e. The van der Waals surface area contributed by atoms with Crippen molar-refractivity contribution in [2.24, 2.45) is 0 Å². The molecule has 5 rings (SSSR count). The summed E-state index contributed by atoms with van der Waals surface area (Å²) in [6.07, 6.45) is 7.78. The van der Waals surface area contributed by atoms with Crippen molar-refractivity contribution in [2.45, 2.75) is 57.4 Å². The number of nitrogens with one attached hydrogen (secondary N) is 2.